The van der Waals surface area contributed by atoms with Crippen LogP contribution in [0.4, 0.5) is 5.69 Å². The molecule has 8 nitrogen and oxygen atoms in total. The standard InChI is InChI=1S/C27H38Cl2N4O4S/c1-9-23(26(35)30-27(4,5)6)32(16-20-21(28)11-10-12-22(20)29)25(34)17-33(38(36,37)31(7)8)24-15-18(2)13-14-19(24)3/h10-15,23H,9,16-17H2,1-8H3,(H,30,35)/t23-/m1/s1. The van der Waals surface area contributed by atoms with Gasteiger partial charge in [-0.1, -0.05) is 48.3 Å². The molecule has 0 aromatic heterocycles. The maximum absolute atomic E-state index is 14.0. The second kappa shape index (κ2) is 12.7. The van der Waals surface area contributed by atoms with Crippen molar-refractivity contribution in [2.45, 2.75) is 66.1 Å². The van der Waals surface area contributed by atoms with E-state index in [4.69, 9.17) is 23.2 Å². The molecule has 2 aromatic rings. The first-order chi connectivity index (χ1) is 17.5. The van der Waals surface area contributed by atoms with Crippen LogP contribution in [-0.2, 0) is 26.3 Å². The number of hydrogen-bond acceptors (Lipinski definition) is 4. The van der Waals surface area contributed by atoms with Crippen LogP contribution in [0.2, 0.25) is 10.0 Å². The highest BCUT2D eigenvalue weighted by Crippen LogP contribution is 2.29. The Morgan fingerprint density at radius 2 is 1.61 bits per heavy atom. The van der Waals surface area contributed by atoms with Gasteiger partial charge in [0, 0.05) is 41.8 Å². The van der Waals surface area contributed by atoms with Crippen molar-refractivity contribution >= 4 is 50.9 Å². The molecule has 0 bridgehead atoms. The molecule has 0 aliphatic rings. The number of benzene rings is 2. The zero-order valence-corrected chi connectivity index (χ0v) is 25.6. The van der Waals surface area contributed by atoms with Crippen molar-refractivity contribution in [1.82, 2.24) is 14.5 Å². The summed E-state index contributed by atoms with van der Waals surface area (Å²) in [5, 5.41) is 3.61. The first-order valence-corrected chi connectivity index (χ1v) is 14.5. The number of nitrogens with one attached hydrogen (secondary N) is 1. The zero-order valence-electron chi connectivity index (χ0n) is 23.3. The molecular formula is C27H38Cl2N4O4S. The van der Waals surface area contributed by atoms with Gasteiger partial charge in [-0.25, -0.2) is 4.31 Å². The molecule has 0 radical (unpaired) electrons. The van der Waals surface area contributed by atoms with Gasteiger partial charge in [-0.15, -0.1) is 0 Å². The van der Waals surface area contributed by atoms with E-state index in [0.29, 0.717) is 33.3 Å². The molecule has 11 heteroatoms. The molecule has 38 heavy (non-hydrogen) atoms. The van der Waals surface area contributed by atoms with Gasteiger partial charge >= 0.3 is 10.2 Å². The number of anilines is 1. The van der Waals surface area contributed by atoms with E-state index in [9.17, 15) is 18.0 Å². The van der Waals surface area contributed by atoms with Gasteiger partial charge in [0.05, 0.1) is 5.69 Å². The third-order valence-electron chi connectivity index (χ3n) is 5.93. The molecule has 0 aliphatic heterocycles. The lowest BCUT2D eigenvalue weighted by Gasteiger charge is -2.35. The molecule has 0 saturated carbocycles. The van der Waals surface area contributed by atoms with Crippen molar-refractivity contribution in [2.75, 3.05) is 24.9 Å². The topological polar surface area (TPSA) is 90.0 Å². The van der Waals surface area contributed by atoms with Crippen LogP contribution in [0.3, 0.4) is 0 Å². The Balaban J connectivity index is 2.64. The highest BCUT2D eigenvalue weighted by atomic mass is 35.5. The Morgan fingerprint density at radius 3 is 2.11 bits per heavy atom. The van der Waals surface area contributed by atoms with Crippen LogP contribution >= 0.6 is 23.2 Å². The molecule has 210 valence electrons. The van der Waals surface area contributed by atoms with E-state index in [1.807, 2.05) is 33.8 Å². The molecule has 2 amide bonds. The minimum absolute atomic E-state index is 0.0734. The van der Waals surface area contributed by atoms with Crippen molar-refractivity contribution in [3.63, 3.8) is 0 Å². The fourth-order valence-electron chi connectivity index (χ4n) is 3.92. The average Bonchev–Trinajstić information content (AvgIpc) is 2.79. The van der Waals surface area contributed by atoms with Crippen LogP contribution in [0, 0.1) is 13.8 Å². The fraction of sp³-hybridized carbons (Fsp3) is 0.481. The summed E-state index contributed by atoms with van der Waals surface area (Å²) in [5.74, 6) is -0.923. The van der Waals surface area contributed by atoms with Crippen LogP contribution in [0.5, 0.6) is 0 Å². The largest absolute Gasteiger partial charge is 0.350 e. The first kappa shape index (κ1) is 31.9. The predicted octanol–water partition coefficient (Wildman–Crippen LogP) is 4.95. The summed E-state index contributed by atoms with van der Waals surface area (Å²) in [4.78, 5) is 28.7. The van der Waals surface area contributed by atoms with Gasteiger partial charge in [-0.3, -0.25) is 9.59 Å². The lowest BCUT2D eigenvalue weighted by atomic mass is 10.1. The van der Waals surface area contributed by atoms with Crippen LogP contribution in [-0.4, -0.2) is 61.7 Å². The predicted molar refractivity (Wildman–Crippen MR) is 155 cm³/mol. The minimum Gasteiger partial charge on any atom is -0.350 e. The third-order valence-corrected chi connectivity index (χ3v) is 8.44. The van der Waals surface area contributed by atoms with Crippen molar-refractivity contribution in [2.24, 2.45) is 0 Å². The van der Waals surface area contributed by atoms with Gasteiger partial charge in [0.2, 0.25) is 11.8 Å². The second-order valence-corrected chi connectivity index (χ2v) is 13.4. The summed E-state index contributed by atoms with van der Waals surface area (Å²) < 4.78 is 29.0. The maximum Gasteiger partial charge on any atom is 0.304 e. The number of carbonyl (C=O) groups is 2. The minimum atomic E-state index is -4.06. The Morgan fingerprint density at radius 1 is 1.03 bits per heavy atom. The van der Waals surface area contributed by atoms with Gasteiger partial charge < -0.3 is 10.2 Å². The van der Waals surface area contributed by atoms with E-state index in [1.165, 1.54) is 19.0 Å². The van der Waals surface area contributed by atoms with Gasteiger partial charge in [-0.05, 0) is 70.4 Å². The summed E-state index contributed by atoms with van der Waals surface area (Å²) in [7, 11) is -1.25. The van der Waals surface area contributed by atoms with E-state index in [-0.39, 0.29) is 12.5 Å². The molecule has 2 aromatic carbocycles. The van der Waals surface area contributed by atoms with E-state index < -0.39 is 34.2 Å². The Kier molecular flexibility index (Phi) is 10.6. The summed E-state index contributed by atoms with van der Waals surface area (Å²) >= 11 is 12.9. The quantitative estimate of drug-likeness (QED) is 0.428. The lowest BCUT2D eigenvalue weighted by Crippen LogP contribution is -2.55. The number of rotatable bonds is 10. The number of nitrogens with zero attached hydrogens (tertiary/aromatic N) is 3. The molecule has 0 heterocycles. The summed E-state index contributed by atoms with van der Waals surface area (Å²) in [6, 6.07) is 9.51. The SMILES string of the molecule is CC[C@H](C(=O)NC(C)(C)C)N(Cc1c(Cl)cccc1Cl)C(=O)CN(c1cc(C)ccc1C)S(=O)(=O)N(C)C. The lowest BCUT2D eigenvalue weighted by molar-refractivity contribution is -0.141. The van der Waals surface area contributed by atoms with Crippen molar-refractivity contribution < 1.29 is 18.0 Å². The number of halogens is 2. The Hall–Kier alpha value is -2.33. The number of hydrogen-bond donors (Lipinski definition) is 1. The average molecular weight is 586 g/mol. The Labute approximate surface area is 237 Å². The first-order valence-electron chi connectivity index (χ1n) is 12.3. The van der Waals surface area contributed by atoms with Crippen molar-refractivity contribution in [1.29, 1.82) is 0 Å². The highest BCUT2D eigenvalue weighted by molar-refractivity contribution is 7.90. The third kappa shape index (κ3) is 7.85. The number of amides is 2. The smallest absolute Gasteiger partial charge is 0.304 e. The van der Waals surface area contributed by atoms with E-state index in [0.717, 1.165) is 14.2 Å². The molecule has 0 spiro atoms. The van der Waals surface area contributed by atoms with Crippen LogP contribution in [0.15, 0.2) is 36.4 Å². The van der Waals surface area contributed by atoms with Crippen LogP contribution in [0.1, 0.15) is 50.8 Å². The molecule has 1 atom stereocenters. The summed E-state index contributed by atoms with van der Waals surface area (Å²) in [5.41, 5.74) is 1.84. The van der Waals surface area contributed by atoms with E-state index in [2.05, 4.69) is 5.32 Å². The summed E-state index contributed by atoms with van der Waals surface area (Å²) in [6.45, 7) is 10.4. The zero-order chi connectivity index (χ0) is 29.0. The highest BCUT2D eigenvalue weighted by Gasteiger charge is 2.35. The molecule has 0 unspecified atom stereocenters. The van der Waals surface area contributed by atoms with E-state index >= 15 is 0 Å². The fourth-order valence-corrected chi connectivity index (χ4v) is 5.55. The molecule has 1 N–H and O–H groups in total. The molecular weight excluding hydrogens is 547 g/mol. The molecule has 0 aliphatic carbocycles. The summed E-state index contributed by atoms with van der Waals surface area (Å²) in [6.07, 6.45) is 0.291. The number of aryl methyl sites for hydroxylation is 2. The monoisotopic (exact) mass is 584 g/mol. The van der Waals surface area contributed by atoms with Crippen molar-refractivity contribution in [3.8, 4) is 0 Å². The normalized spacial score (nSPS) is 12.8. The molecule has 2 rings (SSSR count). The van der Waals surface area contributed by atoms with Crippen molar-refractivity contribution in [3.05, 3.63) is 63.1 Å². The van der Waals surface area contributed by atoms with Gasteiger partial charge in [0.25, 0.3) is 0 Å². The Bertz CT molecular complexity index is 1260. The van der Waals surface area contributed by atoms with Gasteiger partial charge in [-0.2, -0.15) is 12.7 Å². The maximum atomic E-state index is 14.0. The van der Waals surface area contributed by atoms with Gasteiger partial charge in [0.15, 0.2) is 0 Å². The van der Waals surface area contributed by atoms with Gasteiger partial charge in [0.1, 0.15) is 12.6 Å². The van der Waals surface area contributed by atoms with Crippen LogP contribution in [0.25, 0.3) is 0 Å². The molecule has 0 saturated heterocycles. The number of carbonyl (C=O) groups excluding carboxylic acids is 2. The van der Waals surface area contributed by atoms with Crippen LogP contribution < -0.4 is 9.62 Å². The van der Waals surface area contributed by atoms with E-state index in [1.54, 1.807) is 44.2 Å². The second-order valence-electron chi connectivity index (χ2n) is 10.5. The molecule has 0 fully saturated rings.